The molecule has 5 heavy (non-hydrogen) atoms. The molecule has 0 bridgehead atoms. The third-order valence-electron chi connectivity index (χ3n) is 0.223. The van der Waals surface area contributed by atoms with E-state index < -0.39 is 0 Å². The Morgan fingerprint density at radius 2 is 1.80 bits per heavy atom. The summed E-state index contributed by atoms with van der Waals surface area (Å²) in [6.45, 7) is 0. The van der Waals surface area contributed by atoms with Crippen LogP contribution in [0.1, 0.15) is 0 Å². The zero-order valence-corrected chi connectivity index (χ0v) is 4.02. The predicted octanol–water partition coefficient (Wildman–Crippen LogP) is -0.866. The van der Waals surface area contributed by atoms with Gasteiger partial charge in [-0.2, -0.15) is 0 Å². The molecule has 2 radical (unpaired) electrons. The van der Waals surface area contributed by atoms with Gasteiger partial charge in [-0.05, 0) is 0 Å². The number of hydrogen-bond acceptors (Lipinski definition) is 2. The third kappa shape index (κ3) is 0.565. The molecular formula is C2N2Se. The minimum atomic E-state index is 0.236. The van der Waals surface area contributed by atoms with Gasteiger partial charge in [0.25, 0.3) is 0 Å². The third-order valence-corrected chi connectivity index (χ3v) is 0.949. The van der Waals surface area contributed by atoms with Gasteiger partial charge in [0.15, 0.2) is 0 Å². The summed E-state index contributed by atoms with van der Waals surface area (Å²) in [7, 11) is 0. The van der Waals surface area contributed by atoms with E-state index in [1.807, 2.05) is 0 Å². The van der Waals surface area contributed by atoms with E-state index in [-0.39, 0.29) is 14.5 Å². The molecule has 1 aromatic rings. The Kier molecular flexibility index (Phi) is 0.819. The molecule has 1 rings (SSSR count). The van der Waals surface area contributed by atoms with Gasteiger partial charge in [0, 0.05) is 0 Å². The molecule has 0 amide bonds. The van der Waals surface area contributed by atoms with Gasteiger partial charge in [-0.1, -0.05) is 0 Å². The Labute approximate surface area is 35.6 Å². The fourth-order valence-corrected chi connectivity index (χ4v) is 0.530. The summed E-state index contributed by atoms with van der Waals surface area (Å²) in [5, 5.41) is 12.0. The van der Waals surface area contributed by atoms with Crippen LogP contribution < -0.4 is 0 Å². The molecule has 0 saturated carbocycles. The average Bonchev–Trinajstić information content (AvgIpc) is 1.76. The van der Waals surface area contributed by atoms with Crippen molar-refractivity contribution in [2.45, 2.75) is 0 Å². The fourth-order valence-electron chi connectivity index (χ4n) is 0.102. The van der Waals surface area contributed by atoms with E-state index in [9.17, 15) is 0 Å². The van der Waals surface area contributed by atoms with Crippen molar-refractivity contribution in [1.82, 2.24) is 10.2 Å². The molecule has 0 unspecified atom stereocenters. The van der Waals surface area contributed by atoms with E-state index >= 15 is 0 Å². The summed E-state index contributed by atoms with van der Waals surface area (Å²) in [6.07, 6.45) is 0. The molecule has 0 saturated heterocycles. The number of aromatic nitrogens is 2. The molecule has 3 heteroatoms. The molecule has 0 fully saturated rings. The summed E-state index contributed by atoms with van der Waals surface area (Å²) >= 11 is 0.236. The predicted molar refractivity (Wildman–Crippen MR) is 16.6 cm³/mol. The zero-order chi connectivity index (χ0) is 3.54. The van der Waals surface area contributed by atoms with Crippen LogP contribution >= 0.6 is 0 Å². The maximum absolute atomic E-state index is 3.38. The van der Waals surface area contributed by atoms with Gasteiger partial charge < -0.3 is 0 Å². The van der Waals surface area contributed by atoms with Crippen molar-refractivity contribution in [3.05, 3.63) is 10.1 Å². The zero-order valence-electron chi connectivity index (χ0n) is 2.30. The Hall–Kier alpha value is -0.141. The molecular weight excluding hydrogens is 131 g/mol. The van der Waals surface area contributed by atoms with Crippen molar-refractivity contribution in [1.29, 1.82) is 0 Å². The van der Waals surface area contributed by atoms with Crippen molar-refractivity contribution in [3.63, 3.8) is 0 Å². The van der Waals surface area contributed by atoms with E-state index in [0.717, 1.165) is 0 Å². The summed E-state index contributed by atoms with van der Waals surface area (Å²) in [5.41, 5.74) is 0. The molecule has 24 valence electrons. The Morgan fingerprint density at radius 3 is 2.00 bits per heavy atom. The maximum atomic E-state index is 3.38. The van der Waals surface area contributed by atoms with Crippen LogP contribution in [0.4, 0.5) is 0 Å². The number of nitrogens with zero attached hydrogens (tertiary/aromatic N) is 2. The number of rotatable bonds is 0. The first-order valence-corrected chi connectivity index (χ1v) is 2.77. The fraction of sp³-hybridized carbons (Fsp3) is 0. The Morgan fingerprint density at radius 1 is 1.20 bits per heavy atom. The molecule has 0 aromatic carbocycles. The van der Waals surface area contributed by atoms with Crippen molar-refractivity contribution >= 4 is 14.5 Å². The molecule has 1 heterocycles. The SMILES string of the molecule is [c]1nn[c][se]1. The van der Waals surface area contributed by atoms with Crippen molar-refractivity contribution in [2.24, 2.45) is 0 Å². The summed E-state index contributed by atoms with van der Waals surface area (Å²) < 4.78 is 0. The second kappa shape index (κ2) is 1.34. The summed E-state index contributed by atoms with van der Waals surface area (Å²) in [5.74, 6) is 0. The second-order valence-corrected chi connectivity index (χ2v) is 1.68. The minimum absolute atomic E-state index is 0.236. The molecule has 0 aliphatic carbocycles. The van der Waals surface area contributed by atoms with Crippen molar-refractivity contribution in [2.75, 3.05) is 0 Å². The van der Waals surface area contributed by atoms with Crippen LogP contribution in [0, 0.1) is 10.1 Å². The summed E-state index contributed by atoms with van der Waals surface area (Å²) in [6, 6.07) is 0. The molecule has 0 N–H and O–H groups in total. The standard InChI is InChI=1S/C2N2Se/c1-3-4-2-5-1. The summed E-state index contributed by atoms with van der Waals surface area (Å²) in [4.78, 5) is 0. The monoisotopic (exact) mass is 132 g/mol. The van der Waals surface area contributed by atoms with Crippen LogP contribution in [0.5, 0.6) is 0 Å². The van der Waals surface area contributed by atoms with Gasteiger partial charge in [-0.25, -0.2) is 0 Å². The first kappa shape index (κ1) is 3.07. The van der Waals surface area contributed by atoms with Gasteiger partial charge in [0.05, 0.1) is 0 Å². The van der Waals surface area contributed by atoms with Gasteiger partial charge >= 0.3 is 34.8 Å². The van der Waals surface area contributed by atoms with Gasteiger partial charge in [-0.15, -0.1) is 0 Å². The van der Waals surface area contributed by atoms with Crippen LogP contribution in [0.2, 0.25) is 0 Å². The van der Waals surface area contributed by atoms with Crippen molar-refractivity contribution in [3.8, 4) is 0 Å². The van der Waals surface area contributed by atoms with Gasteiger partial charge in [0.1, 0.15) is 0 Å². The van der Waals surface area contributed by atoms with E-state index in [0.29, 0.717) is 0 Å². The average molecular weight is 131 g/mol. The van der Waals surface area contributed by atoms with Crippen LogP contribution in [0.3, 0.4) is 0 Å². The molecule has 0 atom stereocenters. The van der Waals surface area contributed by atoms with Crippen LogP contribution in [-0.2, 0) is 0 Å². The van der Waals surface area contributed by atoms with Gasteiger partial charge in [-0.3, -0.25) is 0 Å². The molecule has 2 nitrogen and oxygen atoms in total. The van der Waals surface area contributed by atoms with E-state index in [1.165, 1.54) is 0 Å². The molecule has 0 spiro atoms. The van der Waals surface area contributed by atoms with E-state index in [4.69, 9.17) is 0 Å². The topological polar surface area (TPSA) is 25.8 Å². The number of hydrogen-bond donors (Lipinski definition) is 0. The second-order valence-electron chi connectivity index (χ2n) is 0.485. The first-order chi connectivity index (χ1) is 2.50. The van der Waals surface area contributed by atoms with Crippen LogP contribution in [-0.4, -0.2) is 24.7 Å². The Balaban J connectivity index is 3.13. The van der Waals surface area contributed by atoms with Crippen molar-refractivity contribution < 1.29 is 0 Å². The van der Waals surface area contributed by atoms with E-state index in [1.54, 1.807) is 0 Å². The quantitative estimate of drug-likeness (QED) is 0.428. The first-order valence-electron chi connectivity index (χ1n) is 1.06. The van der Waals surface area contributed by atoms with Gasteiger partial charge in [0.2, 0.25) is 0 Å². The van der Waals surface area contributed by atoms with E-state index in [2.05, 4.69) is 20.3 Å². The normalized spacial score (nSPS) is 8.00. The van der Waals surface area contributed by atoms with Crippen LogP contribution in [0.25, 0.3) is 0 Å². The van der Waals surface area contributed by atoms with Crippen LogP contribution in [0.15, 0.2) is 0 Å². The molecule has 0 aliphatic rings. The Bertz CT molecular complexity index is 64.1. The molecule has 0 aliphatic heterocycles. The molecule has 1 aromatic heterocycles.